The van der Waals surface area contributed by atoms with Crippen molar-refractivity contribution in [3.05, 3.63) is 94.6 Å². The first-order valence-corrected chi connectivity index (χ1v) is 10.3. The topological polar surface area (TPSA) is 91.3 Å². The maximum atomic E-state index is 13.1. The van der Waals surface area contributed by atoms with Crippen molar-refractivity contribution in [2.24, 2.45) is 0 Å². The number of cyclic esters (lactones) is 1. The molecule has 5 rings (SSSR count). The van der Waals surface area contributed by atoms with E-state index in [1.54, 1.807) is 37.4 Å². The van der Waals surface area contributed by atoms with Gasteiger partial charge in [-0.15, -0.1) is 0 Å². The second kappa shape index (κ2) is 8.35. The molecule has 0 aliphatic carbocycles. The van der Waals surface area contributed by atoms with Gasteiger partial charge in [-0.25, -0.2) is 9.59 Å². The van der Waals surface area contributed by atoms with Crippen LogP contribution < -0.4 is 14.2 Å². The Morgan fingerprint density at radius 3 is 2.58 bits per heavy atom. The summed E-state index contributed by atoms with van der Waals surface area (Å²) in [4.78, 5) is 24.5. The molecule has 166 valence electrons. The maximum Gasteiger partial charge on any atom is 0.339 e. The zero-order chi connectivity index (χ0) is 22.9. The summed E-state index contributed by atoms with van der Waals surface area (Å²) in [5.41, 5.74) is 3.58. The summed E-state index contributed by atoms with van der Waals surface area (Å²) >= 11 is 0. The van der Waals surface area contributed by atoms with E-state index in [1.165, 1.54) is 6.07 Å². The van der Waals surface area contributed by atoms with Gasteiger partial charge < -0.3 is 24.1 Å². The lowest BCUT2D eigenvalue weighted by atomic mass is 9.90. The van der Waals surface area contributed by atoms with Crippen LogP contribution in [0.25, 0.3) is 5.57 Å². The second-order valence-electron chi connectivity index (χ2n) is 7.71. The number of aromatic carboxylic acids is 1. The zero-order valence-corrected chi connectivity index (χ0v) is 17.7. The Labute approximate surface area is 189 Å². The molecule has 1 atom stereocenters. The van der Waals surface area contributed by atoms with E-state index in [0.717, 1.165) is 16.7 Å². The van der Waals surface area contributed by atoms with Gasteiger partial charge in [0, 0.05) is 0 Å². The first kappa shape index (κ1) is 20.6. The summed E-state index contributed by atoms with van der Waals surface area (Å²) in [5, 5.41) is 9.38. The van der Waals surface area contributed by atoms with Gasteiger partial charge in [-0.3, -0.25) is 0 Å². The normalized spacial score (nSPS) is 16.6. The molecular weight excluding hydrogens is 424 g/mol. The van der Waals surface area contributed by atoms with E-state index in [9.17, 15) is 14.7 Å². The molecule has 2 aliphatic heterocycles. The van der Waals surface area contributed by atoms with Crippen LogP contribution in [0.2, 0.25) is 0 Å². The first-order chi connectivity index (χ1) is 16.0. The van der Waals surface area contributed by atoms with Crippen molar-refractivity contribution in [2.75, 3.05) is 13.9 Å². The fourth-order valence-corrected chi connectivity index (χ4v) is 4.12. The highest BCUT2D eigenvalue weighted by Crippen LogP contribution is 2.44. The van der Waals surface area contributed by atoms with Gasteiger partial charge in [0.1, 0.15) is 11.9 Å². The standard InChI is InChI=1S/C26H20O7/c1-30-19-8-5-16(6-9-19)24-20(12-15-3-2-4-18(11-15)25(27)28)23(26(29)33-24)17-7-10-21-22(13-17)32-14-31-21/h2-11,13,24H,12,14H2,1H3,(H,27,28). The number of benzene rings is 3. The van der Waals surface area contributed by atoms with E-state index < -0.39 is 18.0 Å². The van der Waals surface area contributed by atoms with Crippen molar-refractivity contribution in [1.82, 2.24) is 0 Å². The monoisotopic (exact) mass is 444 g/mol. The van der Waals surface area contributed by atoms with Crippen molar-refractivity contribution in [3.63, 3.8) is 0 Å². The van der Waals surface area contributed by atoms with E-state index >= 15 is 0 Å². The number of hydrogen-bond acceptors (Lipinski definition) is 6. The molecule has 3 aromatic rings. The van der Waals surface area contributed by atoms with Crippen LogP contribution >= 0.6 is 0 Å². The van der Waals surface area contributed by atoms with Crippen LogP contribution in [0, 0.1) is 0 Å². The molecular formula is C26H20O7. The fourth-order valence-electron chi connectivity index (χ4n) is 4.12. The predicted octanol–water partition coefficient (Wildman–Crippen LogP) is 4.42. The van der Waals surface area contributed by atoms with Gasteiger partial charge in [0.05, 0.1) is 18.2 Å². The van der Waals surface area contributed by atoms with Gasteiger partial charge in [0.25, 0.3) is 0 Å². The molecule has 2 heterocycles. The van der Waals surface area contributed by atoms with E-state index in [0.29, 0.717) is 34.8 Å². The molecule has 0 bridgehead atoms. The van der Waals surface area contributed by atoms with Crippen molar-refractivity contribution in [2.45, 2.75) is 12.5 Å². The highest BCUT2D eigenvalue weighted by Gasteiger charge is 2.36. The van der Waals surface area contributed by atoms with Crippen LogP contribution in [0.15, 0.2) is 72.3 Å². The largest absolute Gasteiger partial charge is 0.497 e. The van der Waals surface area contributed by atoms with Gasteiger partial charge in [-0.1, -0.05) is 30.3 Å². The van der Waals surface area contributed by atoms with E-state index in [2.05, 4.69) is 0 Å². The number of carbonyl (C=O) groups excluding carboxylic acids is 1. The summed E-state index contributed by atoms with van der Waals surface area (Å²) in [6.07, 6.45) is -0.273. The summed E-state index contributed by atoms with van der Waals surface area (Å²) in [7, 11) is 1.59. The molecule has 0 aromatic heterocycles. The summed E-state index contributed by atoms with van der Waals surface area (Å²) in [6.45, 7) is 0.131. The van der Waals surface area contributed by atoms with Gasteiger partial charge in [0.15, 0.2) is 11.5 Å². The number of ether oxygens (including phenoxy) is 4. The highest BCUT2D eigenvalue weighted by molar-refractivity contribution is 6.20. The van der Waals surface area contributed by atoms with Crippen molar-refractivity contribution in [3.8, 4) is 17.2 Å². The van der Waals surface area contributed by atoms with Crippen LogP contribution in [-0.4, -0.2) is 30.9 Å². The lowest BCUT2D eigenvalue weighted by molar-refractivity contribution is -0.138. The Hall–Kier alpha value is -4.26. The molecule has 7 heteroatoms. The molecule has 0 saturated carbocycles. The third-order valence-corrected chi connectivity index (χ3v) is 5.71. The zero-order valence-electron chi connectivity index (χ0n) is 17.7. The van der Waals surface area contributed by atoms with Crippen LogP contribution in [-0.2, 0) is 16.0 Å². The van der Waals surface area contributed by atoms with Crippen LogP contribution in [0.3, 0.4) is 0 Å². The van der Waals surface area contributed by atoms with Gasteiger partial charge in [0.2, 0.25) is 6.79 Å². The third-order valence-electron chi connectivity index (χ3n) is 5.71. The first-order valence-electron chi connectivity index (χ1n) is 10.3. The molecule has 1 unspecified atom stereocenters. The molecule has 0 spiro atoms. The molecule has 0 amide bonds. The lowest BCUT2D eigenvalue weighted by Gasteiger charge is -2.16. The number of carboxylic acids is 1. The Balaban J connectivity index is 1.61. The molecule has 0 fully saturated rings. The van der Waals surface area contributed by atoms with Crippen molar-refractivity contribution < 1.29 is 33.6 Å². The Morgan fingerprint density at radius 1 is 1.03 bits per heavy atom. The number of esters is 1. The average Bonchev–Trinajstić information content (AvgIpc) is 3.43. The minimum absolute atomic E-state index is 0.131. The number of hydrogen-bond donors (Lipinski definition) is 1. The number of rotatable bonds is 6. The minimum atomic E-state index is -1.01. The Bertz CT molecular complexity index is 1270. The number of methoxy groups -OCH3 is 1. The molecule has 0 saturated heterocycles. The fraction of sp³-hybridized carbons (Fsp3) is 0.154. The quantitative estimate of drug-likeness (QED) is 0.563. The van der Waals surface area contributed by atoms with Crippen LogP contribution in [0.5, 0.6) is 17.2 Å². The van der Waals surface area contributed by atoms with Crippen molar-refractivity contribution >= 4 is 17.5 Å². The number of carbonyl (C=O) groups is 2. The minimum Gasteiger partial charge on any atom is -0.497 e. The van der Waals surface area contributed by atoms with Gasteiger partial charge in [-0.2, -0.15) is 0 Å². The summed E-state index contributed by atoms with van der Waals surface area (Å²) in [6, 6.07) is 19.3. The van der Waals surface area contributed by atoms with E-state index in [-0.39, 0.29) is 12.4 Å². The second-order valence-corrected chi connectivity index (χ2v) is 7.71. The van der Waals surface area contributed by atoms with Crippen LogP contribution in [0.1, 0.15) is 33.2 Å². The highest BCUT2D eigenvalue weighted by atomic mass is 16.7. The molecule has 1 N–H and O–H groups in total. The predicted molar refractivity (Wildman–Crippen MR) is 118 cm³/mol. The molecule has 3 aromatic carbocycles. The SMILES string of the molecule is COc1ccc(C2OC(=O)C(c3ccc4c(c3)OCO4)=C2Cc2cccc(C(=O)O)c2)cc1. The smallest absolute Gasteiger partial charge is 0.339 e. The van der Waals surface area contributed by atoms with Crippen LogP contribution in [0.4, 0.5) is 0 Å². The third kappa shape index (κ3) is 3.89. The van der Waals surface area contributed by atoms with E-state index in [4.69, 9.17) is 18.9 Å². The van der Waals surface area contributed by atoms with Crippen molar-refractivity contribution in [1.29, 1.82) is 0 Å². The number of fused-ring (bicyclic) bond motifs is 1. The Morgan fingerprint density at radius 2 is 1.82 bits per heavy atom. The summed E-state index contributed by atoms with van der Waals surface area (Å²) in [5.74, 6) is 0.422. The summed E-state index contributed by atoms with van der Waals surface area (Å²) < 4.78 is 22.0. The van der Waals surface area contributed by atoms with E-state index in [1.807, 2.05) is 30.3 Å². The average molecular weight is 444 g/mol. The molecule has 33 heavy (non-hydrogen) atoms. The molecule has 0 radical (unpaired) electrons. The molecule has 2 aliphatic rings. The number of carboxylic acid groups (broad SMARTS) is 1. The molecule has 7 nitrogen and oxygen atoms in total. The lowest BCUT2D eigenvalue weighted by Crippen LogP contribution is -2.05. The van der Waals surface area contributed by atoms with Gasteiger partial charge >= 0.3 is 11.9 Å². The van der Waals surface area contributed by atoms with Gasteiger partial charge in [-0.05, 0) is 65.1 Å². The maximum absolute atomic E-state index is 13.1. The Kier molecular flexibility index (Phi) is 5.22.